The summed E-state index contributed by atoms with van der Waals surface area (Å²) in [5.41, 5.74) is 3.93. The van der Waals surface area contributed by atoms with Gasteiger partial charge >= 0.3 is 0 Å². The normalized spacial score (nSPS) is 10.8. The molecule has 1 aromatic heterocycles. The first-order chi connectivity index (χ1) is 12.6. The number of phenolic OH excluding ortho intramolecular Hbond substituents is 1. The zero-order valence-corrected chi connectivity index (χ0v) is 13.5. The van der Waals surface area contributed by atoms with Crippen molar-refractivity contribution in [3.05, 3.63) is 82.9 Å². The highest BCUT2D eigenvalue weighted by molar-refractivity contribution is 5.87. The number of nitro benzene ring substituents is 1. The molecule has 0 spiro atoms. The van der Waals surface area contributed by atoms with Gasteiger partial charge in [-0.25, -0.2) is 9.97 Å². The molecule has 0 unspecified atom stereocenters. The maximum Gasteiger partial charge on any atom is 0.271 e. The topological polar surface area (TPSA) is 89.2 Å². The highest BCUT2D eigenvalue weighted by Crippen LogP contribution is 2.32. The number of hydrogen-bond acceptors (Lipinski definition) is 5. The van der Waals surface area contributed by atoms with Gasteiger partial charge in [-0.2, -0.15) is 0 Å². The summed E-state index contributed by atoms with van der Waals surface area (Å²) < 4.78 is 0. The molecule has 26 heavy (non-hydrogen) atoms. The summed E-state index contributed by atoms with van der Waals surface area (Å²) in [6.07, 6.45) is 0. The van der Waals surface area contributed by atoms with Crippen molar-refractivity contribution in [1.29, 1.82) is 0 Å². The molecule has 126 valence electrons. The van der Waals surface area contributed by atoms with Gasteiger partial charge in [0.05, 0.1) is 27.3 Å². The van der Waals surface area contributed by atoms with E-state index in [2.05, 4.69) is 4.98 Å². The van der Waals surface area contributed by atoms with Gasteiger partial charge in [-0.1, -0.05) is 30.3 Å². The Kier molecular flexibility index (Phi) is 3.78. The second kappa shape index (κ2) is 6.25. The average molecular weight is 343 g/mol. The van der Waals surface area contributed by atoms with E-state index in [9.17, 15) is 15.2 Å². The number of phenols is 1. The minimum atomic E-state index is -0.452. The maximum absolute atomic E-state index is 11.1. The molecule has 3 aromatic carbocycles. The first-order valence-electron chi connectivity index (χ1n) is 7.93. The first-order valence-corrected chi connectivity index (χ1v) is 7.93. The second-order valence-electron chi connectivity index (χ2n) is 5.76. The molecule has 1 heterocycles. The van der Waals surface area contributed by atoms with E-state index < -0.39 is 4.92 Å². The first kappa shape index (κ1) is 15.7. The van der Waals surface area contributed by atoms with Crippen LogP contribution in [0.3, 0.4) is 0 Å². The van der Waals surface area contributed by atoms with Crippen molar-refractivity contribution in [2.75, 3.05) is 0 Å². The number of aromatic nitrogens is 2. The van der Waals surface area contributed by atoms with Gasteiger partial charge in [0.15, 0.2) is 0 Å². The van der Waals surface area contributed by atoms with E-state index in [4.69, 9.17) is 4.98 Å². The van der Waals surface area contributed by atoms with E-state index in [0.717, 1.165) is 11.1 Å². The smallest absolute Gasteiger partial charge is 0.271 e. The molecule has 1 N–H and O–H groups in total. The van der Waals surface area contributed by atoms with Crippen molar-refractivity contribution < 1.29 is 10.0 Å². The van der Waals surface area contributed by atoms with E-state index in [1.165, 1.54) is 12.1 Å². The predicted molar refractivity (Wildman–Crippen MR) is 98.7 cm³/mol. The minimum Gasteiger partial charge on any atom is -0.508 e. The van der Waals surface area contributed by atoms with Crippen LogP contribution >= 0.6 is 0 Å². The zero-order chi connectivity index (χ0) is 18.1. The lowest BCUT2D eigenvalue weighted by molar-refractivity contribution is -0.384. The number of aromatic hydroxyl groups is 1. The summed E-state index contributed by atoms with van der Waals surface area (Å²) in [5.74, 6) is 0.152. The Morgan fingerprint density at radius 2 is 1.38 bits per heavy atom. The molecule has 0 aliphatic heterocycles. The Balaban J connectivity index is 2.01. The van der Waals surface area contributed by atoms with Crippen LogP contribution in [0.25, 0.3) is 33.5 Å². The van der Waals surface area contributed by atoms with E-state index >= 15 is 0 Å². The number of fused-ring (bicyclic) bond motifs is 1. The van der Waals surface area contributed by atoms with Crippen LogP contribution in [0.4, 0.5) is 5.69 Å². The molecule has 4 rings (SSSR count). The minimum absolute atomic E-state index is 0.0316. The van der Waals surface area contributed by atoms with Gasteiger partial charge in [0.1, 0.15) is 5.75 Å². The molecule has 6 nitrogen and oxygen atoms in total. The van der Waals surface area contributed by atoms with Crippen molar-refractivity contribution in [2.24, 2.45) is 0 Å². The summed E-state index contributed by atoms with van der Waals surface area (Å²) in [7, 11) is 0. The average Bonchev–Trinajstić information content (AvgIpc) is 2.68. The second-order valence-corrected chi connectivity index (χ2v) is 5.76. The fraction of sp³-hybridized carbons (Fsp3) is 0. The standard InChI is InChI=1S/C20H13N3O3/c24-16-9-6-14(7-10-16)20-19(13-4-2-1-3-5-13)21-17-11-8-15(23(25)26)12-18(17)22-20/h1-12,24H. The zero-order valence-electron chi connectivity index (χ0n) is 13.5. The van der Waals surface area contributed by atoms with Crippen LogP contribution in [0.2, 0.25) is 0 Å². The molecule has 4 aromatic rings. The van der Waals surface area contributed by atoms with Gasteiger partial charge in [-0.15, -0.1) is 0 Å². The summed E-state index contributed by atoms with van der Waals surface area (Å²) in [6, 6.07) is 20.7. The van der Waals surface area contributed by atoms with Crippen LogP contribution in [-0.2, 0) is 0 Å². The number of hydrogen-bond donors (Lipinski definition) is 1. The largest absolute Gasteiger partial charge is 0.508 e. The van der Waals surface area contributed by atoms with Gasteiger partial charge in [0.25, 0.3) is 5.69 Å². The summed E-state index contributed by atoms with van der Waals surface area (Å²) in [6.45, 7) is 0. The van der Waals surface area contributed by atoms with Crippen LogP contribution < -0.4 is 0 Å². The van der Waals surface area contributed by atoms with Crippen molar-refractivity contribution in [2.45, 2.75) is 0 Å². The molecule has 0 aliphatic rings. The predicted octanol–water partition coefficient (Wildman–Crippen LogP) is 4.58. The maximum atomic E-state index is 11.1. The molecule has 0 radical (unpaired) electrons. The lowest BCUT2D eigenvalue weighted by Gasteiger charge is -2.10. The highest BCUT2D eigenvalue weighted by Gasteiger charge is 2.15. The van der Waals surface area contributed by atoms with Crippen LogP contribution in [0.5, 0.6) is 5.75 Å². The third kappa shape index (κ3) is 2.84. The third-order valence-electron chi connectivity index (χ3n) is 4.05. The van der Waals surface area contributed by atoms with E-state index in [1.807, 2.05) is 30.3 Å². The Morgan fingerprint density at radius 1 is 0.769 bits per heavy atom. The van der Waals surface area contributed by atoms with Crippen LogP contribution in [-0.4, -0.2) is 20.0 Å². The Morgan fingerprint density at radius 3 is 2.04 bits per heavy atom. The Labute approximate surface area is 148 Å². The summed E-state index contributed by atoms with van der Waals surface area (Å²) >= 11 is 0. The quantitative estimate of drug-likeness (QED) is 0.434. The molecule has 0 amide bonds. The van der Waals surface area contributed by atoms with Gasteiger partial charge < -0.3 is 5.11 Å². The molecule has 0 atom stereocenters. The molecule has 0 aliphatic carbocycles. The number of rotatable bonds is 3. The fourth-order valence-electron chi connectivity index (χ4n) is 2.77. The molecule has 0 bridgehead atoms. The number of nitro groups is 1. The lowest BCUT2D eigenvalue weighted by atomic mass is 10.0. The van der Waals surface area contributed by atoms with Crippen molar-refractivity contribution in [3.63, 3.8) is 0 Å². The van der Waals surface area contributed by atoms with E-state index in [0.29, 0.717) is 22.4 Å². The summed E-state index contributed by atoms with van der Waals surface area (Å²) in [4.78, 5) is 19.9. The summed E-state index contributed by atoms with van der Waals surface area (Å²) in [5, 5.41) is 20.6. The van der Waals surface area contributed by atoms with Gasteiger partial charge in [-0.3, -0.25) is 10.1 Å². The number of non-ortho nitro benzene ring substituents is 1. The van der Waals surface area contributed by atoms with E-state index in [1.54, 1.807) is 30.3 Å². The van der Waals surface area contributed by atoms with Crippen LogP contribution in [0, 0.1) is 10.1 Å². The molecule has 0 saturated carbocycles. The monoisotopic (exact) mass is 343 g/mol. The fourth-order valence-corrected chi connectivity index (χ4v) is 2.77. The molecule has 0 fully saturated rings. The van der Waals surface area contributed by atoms with Crippen molar-refractivity contribution in [1.82, 2.24) is 9.97 Å². The van der Waals surface area contributed by atoms with Crippen LogP contribution in [0.15, 0.2) is 72.8 Å². The molecular formula is C20H13N3O3. The van der Waals surface area contributed by atoms with Gasteiger partial charge in [0, 0.05) is 23.3 Å². The Bertz CT molecular complexity index is 1110. The third-order valence-corrected chi connectivity index (χ3v) is 4.05. The SMILES string of the molecule is O=[N+]([O-])c1ccc2nc(-c3ccccc3)c(-c3ccc(O)cc3)nc2c1. The van der Waals surface area contributed by atoms with E-state index in [-0.39, 0.29) is 11.4 Å². The number of nitrogens with zero attached hydrogens (tertiary/aromatic N) is 3. The van der Waals surface area contributed by atoms with Gasteiger partial charge in [0.2, 0.25) is 0 Å². The van der Waals surface area contributed by atoms with Gasteiger partial charge in [-0.05, 0) is 30.3 Å². The molecular weight excluding hydrogens is 330 g/mol. The molecule has 6 heteroatoms. The van der Waals surface area contributed by atoms with Crippen molar-refractivity contribution >= 4 is 16.7 Å². The highest BCUT2D eigenvalue weighted by atomic mass is 16.6. The molecule has 0 saturated heterocycles. The number of benzene rings is 3. The Hall–Kier alpha value is -3.80. The van der Waals surface area contributed by atoms with Crippen LogP contribution in [0.1, 0.15) is 0 Å². The lowest BCUT2D eigenvalue weighted by Crippen LogP contribution is -1.96. The van der Waals surface area contributed by atoms with Crippen molar-refractivity contribution in [3.8, 4) is 28.3 Å².